The molecular formula is C15H24N2O2S. The number of benzene rings is 1. The largest absolute Gasteiger partial charge is 0.316 e. The standard InChI is InChI=1S/C15H24N2O2S/c1-4-15(8-9-15)11-17-20(18,19)14-7-5-6-13(10-16-3)12(14)2/h5-7,16-17H,4,8-11H2,1-3H3. The summed E-state index contributed by atoms with van der Waals surface area (Å²) in [5, 5.41) is 3.06. The van der Waals surface area contributed by atoms with Crippen molar-refractivity contribution in [1.82, 2.24) is 10.0 Å². The molecule has 1 aliphatic carbocycles. The molecule has 0 atom stereocenters. The van der Waals surface area contributed by atoms with Crippen LogP contribution in [0.5, 0.6) is 0 Å². The van der Waals surface area contributed by atoms with E-state index in [4.69, 9.17) is 0 Å². The van der Waals surface area contributed by atoms with Crippen molar-refractivity contribution in [1.29, 1.82) is 0 Å². The van der Waals surface area contributed by atoms with Crippen molar-refractivity contribution in [2.75, 3.05) is 13.6 Å². The molecule has 1 aromatic carbocycles. The molecule has 112 valence electrons. The summed E-state index contributed by atoms with van der Waals surface area (Å²) in [6.45, 7) is 5.23. The van der Waals surface area contributed by atoms with Crippen LogP contribution in [-0.4, -0.2) is 22.0 Å². The Hall–Kier alpha value is -0.910. The van der Waals surface area contributed by atoms with Crippen LogP contribution in [0.3, 0.4) is 0 Å². The number of sulfonamides is 1. The van der Waals surface area contributed by atoms with E-state index in [1.807, 2.05) is 20.0 Å². The van der Waals surface area contributed by atoms with Crippen molar-refractivity contribution in [3.8, 4) is 0 Å². The maximum absolute atomic E-state index is 12.5. The summed E-state index contributed by atoms with van der Waals surface area (Å²) in [6.07, 6.45) is 3.30. The fraction of sp³-hybridized carbons (Fsp3) is 0.600. The molecule has 1 aliphatic rings. The van der Waals surface area contributed by atoms with E-state index in [1.54, 1.807) is 12.1 Å². The van der Waals surface area contributed by atoms with Crippen LogP contribution in [0, 0.1) is 12.3 Å². The predicted octanol–water partition coefficient (Wildman–Crippen LogP) is 2.18. The minimum atomic E-state index is -3.41. The van der Waals surface area contributed by atoms with E-state index >= 15 is 0 Å². The fourth-order valence-corrected chi connectivity index (χ4v) is 3.93. The van der Waals surface area contributed by atoms with E-state index in [9.17, 15) is 8.42 Å². The quantitative estimate of drug-likeness (QED) is 0.811. The molecule has 1 fully saturated rings. The SMILES string of the molecule is CCC1(CNS(=O)(=O)c2cccc(CNC)c2C)CC1. The molecular weight excluding hydrogens is 272 g/mol. The van der Waals surface area contributed by atoms with Crippen molar-refractivity contribution in [3.63, 3.8) is 0 Å². The molecule has 0 spiro atoms. The first kappa shape index (κ1) is 15.5. The summed E-state index contributed by atoms with van der Waals surface area (Å²) >= 11 is 0. The topological polar surface area (TPSA) is 58.2 Å². The van der Waals surface area contributed by atoms with Gasteiger partial charge in [0, 0.05) is 13.1 Å². The molecule has 0 aromatic heterocycles. The highest BCUT2D eigenvalue weighted by atomic mass is 32.2. The highest BCUT2D eigenvalue weighted by Gasteiger charge is 2.41. The summed E-state index contributed by atoms with van der Waals surface area (Å²) in [6, 6.07) is 5.45. The normalized spacial score (nSPS) is 17.1. The van der Waals surface area contributed by atoms with Gasteiger partial charge in [0.1, 0.15) is 0 Å². The molecule has 0 unspecified atom stereocenters. The van der Waals surface area contributed by atoms with Crippen molar-refractivity contribution in [2.24, 2.45) is 5.41 Å². The van der Waals surface area contributed by atoms with Crippen LogP contribution in [0.4, 0.5) is 0 Å². The highest BCUT2D eigenvalue weighted by molar-refractivity contribution is 7.89. The molecule has 20 heavy (non-hydrogen) atoms. The maximum Gasteiger partial charge on any atom is 0.240 e. The van der Waals surface area contributed by atoms with Gasteiger partial charge in [-0.15, -0.1) is 0 Å². The van der Waals surface area contributed by atoms with Gasteiger partial charge in [0.05, 0.1) is 4.90 Å². The Morgan fingerprint density at radius 2 is 2.00 bits per heavy atom. The summed E-state index contributed by atoms with van der Waals surface area (Å²) in [5.74, 6) is 0. The predicted molar refractivity (Wildman–Crippen MR) is 81.1 cm³/mol. The molecule has 1 aromatic rings. The second-order valence-electron chi connectivity index (χ2n) is 5.75. The van der Waals surface area contributed by atoms with Crippen molar-refractivity contribution < 1.29 is 8.42 Å². The number of hydrogen-bond acceptors (Lipinski definition) is 3. The lowest BCUT2D eigenvalue weighted by atomic mass is 10.1. The Bertz CT molecular complexity index is 578. The second-order valence-corrected chi connectivity index (χ2v) is 7.48. The van der Waals surface area contributed by atoms with E-state index in [0.29, 0.717) is 18.0 Å². The average Bonchev–Trinajstić information content (AvgIpc) is 3.20. The van der Waals surface area contributed by atoms with E-state index in [0.717, 1.165) is 30.4 Å². The smallest absolute Gasteiger partial charge is 0.240 e. The molecule has 0 saturated heterocycles. The van der Waals surface area contributed by atoms with Crippen LogP contribution >= 0.6 is 0 Å². The number of hydrogen-bond donors (Lipinski definition) is 2. The van der Waals surface area contributed by atoms with Crippen molar-refractivity contribution >= 4 is 10.0 Å². The van der Waals surface area contributed by atoms with Crippen LogP contribution < -0.4 is 10.0 Å². The maximum atomic E-state index is 12.5. The molecule has 5 heteroatoms. The Balaban J connectivity index is 2.19. The van der Waals surface area contributed by atoms with Gasteiger partial charge in [-0.05, 0) is 55.8 Å². The number of nitrogens with one attached hydrogen (secondary N) is 2. The fourth-order valence-electron chi connectivity index (χ4n) is 2.49. The van der Waals surface area contributed by atoms with Crippen LogP contribution in [0.2, 0.25) is 0 Å². The summed E-state index contributed by atoms with van der Waals surface area (Å²) in [7, 11) is -1.55. The van der Waals surface area contributed by atoms with Gasteiger partial charge in [0.15, 0.2) is 0 Å². The Morgan fingerprint density at radius 1 is 1.30 bits per heavy atom. The Kier molecular flexibility index (Phi) is 4.52. The van der Waals surface area contributed by atoms with E-state index in [2.05, 4.69) is 17.0 Å². The minimum Gasteiger partial charge on any atom is -0.316 e. The molecule has 2 N–H and O–H groups in total. The van der Waals surface area contributed by atoms with Gasteiger partial charge in [0.25, 0.3) is 0 Å². The van der Waals surface area contributed by atoms with Crippen LogP contribution in [0.1, 0.15) is 37.3 Å². The molecule has 4 nitrogen and oxygen atoms in total. The molecule has 0 bridgehead atoms. The average molecular weight is 296 g/mol. The summed E-state index contributed by atoms with van der Waals surface area (Å²) in [5.41, 5.74) is 2.06. The van der Waals surface area contributed by atoms with Gasteiger partial charge in [-0.3, -0.25) is 0 Å². The Morgan fingerprint density at radius 3 is 2.55 bits per heavy atom. The molecule has 0 heterocycles. The van der Waals surface area contributed by atoms with E-state index < -0.39 is 10.0 Å². The first-order chi connectivity index (χ1) is 9.44. The van der Waals surface area contributed by atoms with Gasteiger partial charge in [-0.1, -0.05) is 19.1 Å². The molecule has 0 radical (unpaired) electrons. The van der Waals surface area contributed by atoms with Crippen LogP contribution in [0.15, 0.2) is 23.1 Å². The molecule has 1 saturated carbocycles. The van der Waals surface area contributed by atoms with Crippen molar-refractivity contribution in [2.45, 2.75) is 44.6 Å². The molecule has 2 rings (SSSR count). The van der Waals surface area contributed by atoms with E-state index in [-0.39, 0.29) is 5.41 Å². The van der Waals surface area contributed by atoms with Crippen molar-refractivity contribution in [3.05, 3.63) is 29.3 Å². The van der Waals surface area contributed by atoms with Crippen LogP contribution in [-0.2, 0) is 16.6 Å². The lowest BCUT2D eigenvalue weighted by Crippen LogP contribution is -2.30. The summed E-state index contributed by atoms with van der Waals surface area (Å²) in [4.78, 5) is 0.400. The highest BCUT2D eigenvalue weighted by Crippen LogP contribution is 2.48. The zero-order valence-corrected chi connectivity index (χ0v) is 13.3. The lowest BCUT2D eigenvalue weighted by Gasteiger charge is -2.16. The molecule has 0 aliphatic heterocycles. The third kappa shape index (κ3) is 3.22. The summed E-state index contributed by atoms with van der Waals surface area (Å²) < 4.78 is 27.7. The van der Waals surface area contributed by atoms with Crippen LogP contribution in [0.25, 0.3) is 0 Å². The van der Waals surface area contributed by atoms with Gasteiger partial charge >= 0.3 is 0 Å². The van der Waals surface area contributed by atoms with Gasteiger partial charge in [-0.25, -0.2) is 13.1 Å². The monoisotopic (exact) mass is 296 g/mol. The van der Waals surface area contributed by atoms with Gasteiger partial charge in [0.2, 0.25) is 10.0 Å². The van der Waals surface area contributed by atoms with Gasteiger partial charge < -0.3 is 5.32 Å². The zero-order valence-electron chi connectivity index (χ0n) is 12.5. The molecule has 0 amide bonds. The third-order valence-corrected chi connectivity index (χ3v) is 5.94. The zero-order chi connectivity index (χ0) is 14.8. The Labute approximate surface area is 122 Å². The second kappa shape index (κ2) is 5.84. The van der Waals surface area contributed by atoms with Gasteiger partial charge in [-0.2, -0.15) is 0 Å². The minimum absolute atomic E-state index is 0.212. The van der Waals surface area contributed by atoms with E-state index in [1.165, 1.54) is 0 Å². The lowest BCUT2D eigenvalue weighted by molar-refractivity contribution is 0.475. The third-order valence-electron chi connectivity index (χ3n) is 4.40. The number of rotatable bonds is 7. The first-order valence-corrected chi connectivity index (χ1v) is 8.65. The first-order valence-electron chi connectivity index (χ1n) is 7.17.